The summed E-state index contributed by atoms with van der Waals surface area (Å²) in [6.07, 6.45) is 3.49. The maximum absolute atomic E-state index is 6.02. The van der Waals surface area contributed by atoms with E-state index < -0.39 is 0 Å². The second-order valence-electron chi connectivity index (χ2n) is 5.45. The minimum absolute atomic E-state index is 0.729. The smallest absolute Gasteiger partial charge is 0.162 e. The largest absolute Gasteiger partial charge is 0.493 e. The van der Waals surface area contributed by atoms with Gasteiger partial charge in [-0.2, -0.15) is 0 Å². The van der Waals surface area contributed by atoms with Gasteiger partial charge in [-0.1, -0.05) is 0 Å². The molecule has 23 heavy (non-hydrogen) atoms. The summed E-state index contributed by atoms with van der Waals surface area (Å²) in [5, 5.41) is 0. The first kappa shape index (κ1) is 15.3. The molecule has 0 saturated carbocycles. The van der Waals surface area contributed by atoms with Gasteiger partial charge in [-0.15, -0.1) is 0 Å². The second-order valence-corrected chi connectivity index (χ2v) is 5.45. The Kier molecular flexibility index (Phi) is 4.41. The molecule has 0 atom stereocenters. The fraction of sp³-hybridized carbons (Fsp3) is 0.353. The lowest BCUT2D eigenvalue weighted by molar-refractivity contribution is 0.355. The predicted octanol–water partition coefficient (Wildman–Crippen LogP) is 2.01. The zero-order valence-corrected chi connectivity index (χ0v) is 13.5. The highest BCUT2D eigenvalue weighted by Gasteiger charge is 2.20. The van der Waals surface area contributed by atoms with Crippen LogP contribution in [0, 0.1) is 0 Å². The van der Waals surface area contributed by atoms with Crippen LogP contribution < -0.4 is 25.0 Å². The van der Waals surface area contributed by atoms with Crippen molar-refractivity contribution in [1.82, 2.24) is 4.98 Å². The Labute approximate surface area is 136 Å². The summed E-state index contributed by atoms with van der Waals surface area (Å²) in [4.78, 5) is 8.69. The van der Waals surface area contributed by atoms with Crippen LogP contribution in [0.5, 0.6) is 11.5 Å². The highest BCUT2D eigenvalue weighted by atomic mass is 16.5. The Morgan fingerprint density at radius 2 is 1.65 bits per heavy atom. The SMILES string of the molecule is COc1ccc(N2CCN(c3ccncc3N)CC2)cc1OC. The average molecular weight is 314 g/mol. The molecule has 6 nitrogen and oxygen atoms in total. The Balaban J connectivity index is 1.71. The highest BCUT2D eigenvalue weighted by molar-refractivity contribution is 5.67. The monoisotopic (exact) mass is 314 g/mol. The summed E-state index contributed by atoms with van der Waals surface area (Å²) < 4.78 is 10.7. The van der Waals surface area contributed by atoms with Crippen molar-refractivity contribution >= 4 is 17.1 Å². The first-order valence-corrected chi connectivity index (χ1v) is 7.64. The zero-order chi connectivity index (χ0) is 16.2. The predicted molar refractivity (Wildman–Crippen MR) is 92.6 cm³/mol. The maximum Gasteiger partial charge on any atom is 0.162 e. The lowest BCUT2D eigenvalue weighted by atomic mass is 10.2. The van der Waals surface area contributed by atoms with E-state index in [9.17, 15) is 0 Å². The third-order valence-corrected chi connectivity index (χ3v) is 4.18. The molecule has 0 aliphatic carbocycles. The number of nitrogens with zero attached hydrogens (tertiary/aromatic N) is 3. The molecule has 1 aromatic carbocycles. The molecule has 122 valence electrons. The van der Waals surface area contributed by atoms with E-state index in [1.54, 1.807) is 26.6 Å². The van der Waals surface area contributed by atoms with Crippen LogP contribution in [0.2, 0.25) is 0 Å². The van der Waals surface area contributed by atoms with Crippen molar-refractivity contribution in [2.75, 3.05) is 55.9 Å². The lowest BCUT2D eigenvalue weighted by Crippen LogP contribution is -2.46. The summed E-state index contributed by atoms with van der Waals surface area (Å²) in [5.41, 5.74) is 8.95. The van der Waals surface area contributed by atoms with E-state index in [0.29, 0.717) is 0 Å². The molecule has 1 aliphatic heterocycles. The molecule has 1 saturated heterocycles. The number of hydrogen-bond acceptors (Lipinski definition) is 6. The molecule has 0 spiro atoms. The Hall–Kier alpha value is -2.63. The first-order chi connectivity index (χ1) is 11.2. The number of methoxy groups -OCH3 is 2. The summed E-state index contributed by atoms with van der Waals surface area (Å²) >= 11 is 0. The zero-order valence-electron chi connectivity index (χ0n) is 13.5. The molecule has 1 fully saturated rings. The van der Waals surface area contributed by atoms with Gasteiger partial charge >= 0.3 is 0 Å². The molecular formula is C17H22N4O2. The van der Waals surface area contributed by atoms with E-state index >= 15 is 0 Å². The van der Waals surface area contributed by atoms with Gasteiger partial charge in [-0.3, -0.25) is 4.98 Å². The highest BCUT2D eigenvalue weighted by Crippen LogP contribution is 2.32. The van der Waals surface area contributed by atoms with Crippen molar-refractivity contribution in [3.63, 3.8) is 0 Å². The van der Waals surface area contributed by atoms with E-state index in [4.69, 9.17) is 15.2 Å². The fourth-order valence-corrected chi connectivity index (χ4v) is 2.91. The van der Waals surface area contributed by atoms with Gasteiger partial charge in [0, 0.05) is 44.1 Å². The van der Waals surface area contributed by atoms with Crippen molar-refractivity contribution in [3.05, 3.63) is 36.7 Å². The molecule has 1 aromatic heterocycles. The van der Waals surface area contributed by atoms with E-state index in [2.05, 4.69) is 20.9 Å². The number of piperazine rings is 1. The Morgan fingerprint density at radius 3 is 2.30 bits per heavy atom. The van der Waals surface area contributed by atoms with Crippen LogP contribution >= 0.6 is 0 Å². The summed E-state index contributed by atoms with van der Waals surface area (Å²) in [5.74, 6) is 1.50. The molecule has 0 radical (unpaired) electrons. The Bertz CT molecular complexity index is 669. The lowest BCUT2D eigenvalue weighted by Gasteiger charge is -2.37. The van der Waals surface area contributed by atoms with Crippen molar-refractivity contribution in [3.8, 4) is 11.5 Å². The van der Waals surface area contributed by atoms with Crippen LogP contribution in [0.1, 0.15) is 0 Å². The number of benzene rings is 1. The Morgan fingerprint density at radius 1 is 0.957 bits per heavy atom. The molecular weight excluding hydrogens is 292 g/mol. The topological polar surface area (TPSA) is 63.9 Å². The van der Waals surface area contributed by atoms with Crippen LogP contribution in [0.25, 0.3) is 0 Å². The second kappa shape index (κ2) is 6.64. The van der Waals surface area contributed by atoms with Gasteiger partial charge in [0.05, 0.1) is 31.8 Å². The summed E-state index contributed by atoms with van der Waals surface area (Å²) in [6.45, 7) is 3.69. The van der Waals surface area contributed by atoms with Gasteiger partial charge in [-0.05, 0) is 18.2 Å². The molecule has 1 aliphatic rings. The minimum atomic E-state index is 0.729. The fourth-order valence-electron chi connectivity index (χ4n) is 2.91. The van der Waals surface area contributed by atoms with Crippen molar-refractivity contribution in [2.45, 2.75) is 0 Å². The summed E-state index contributed by atoms with van der Waals surface area (Å²) in [7, 11) is 3.31. The van der Waals surface area contributed by atoms with Crippen LogP contribution in [0.15, 0.2) is 36.7 Å². The van der Waals surface area contributed by atoms with E-state index in [0.717, 1.165) is 54.7 Å². The van der Waals surface area contributed by atoms with Gasteiger partial charge in [0.25, 0.3) is 0 Å². The molecule has 2 heterocycles. The first-order valence-electron chi connectivity index (χ1n) is 7.64. The molecule has 2 aromatic rings. The third kappa shape index (κ3) is 3.11. The van der Waals surface area contributed by atoms with Crippen molar-refractivity contribution in [2.24, 2.45) is 0 Å². The van der Waals surface area contributed by atoms with Crippen molar-refractivity contribution in [1.29, 1.82) is 0 Å². The van der Waals surface area contributed by atoms with Gasteiger partial charge in [0.2, 0.25) is 0 Å². The third-order valence-electron chi connectivity index (χ3n) is 4.18. The van der Waals surface area contributed by atoms with E-state index in [1.165, 1.54) is 0 Å². The quantitative estimate of drug-likeness (QED) is 0.931. The number of aromatic nitrogens is 1. The maximum atomic E-state index is 6.02. The van der Waals surface area contributed by atoms with E-state index in [-0.39, 0.29) is 0 Å². The molecule has 0 unspecified atom stereocenters. The number of anilines is 3. The van der Waals surface area contributed by atoms with Gasteiger partial charge in [0.15, 0.2) is 11.5 Å². The van der Waals surface area contributed by atoms with Gasteiger partial charge in [-0.25, -0.2) is 0 Å². The molecule has 3 rings (SSSR count). The normalized spacial score (nSPS) is 14.7. The molecule has 0 bridgehead atoms. The number of ether oxygens (including phenoxy) is 2. The number of rotatable bonds is 4. The summed E-state index contributed by atoms with van der Waals surface area (Å²) in [6, 6.07) is 8.01. The molecule has 0 amide bonds. The van der Waals surface area contributed by atoms with Crippen LogP contribution in [-0.2, 0) is 0 Å². The van der Waals surface area contributed by atoms with Crippen molar-refractivity contribution < 1.29 is 9.47 Å². The number of nitrogens with two attached hydrogens (primary N) is 1. The molecule has 6 heteroatoms. The molecule has 2 N–H and O–H groups in total. The van der Waals surface area contributed by atoms with Crippen LogP contribution in [-0.4, -0.2) is 45.4 Å². The number of pyridine rings is 1. The van der Waals surface area contributed by atoms with Gasteiger partial charge in [0.1, 0.15) is 0 Å². The minimum Gasteiger partial charge on any atom is -0.493 e. The van der Waals surface area contributed by atoms with Gasteiger partial charge < -0.3 is 25.0 Å². The van der Waals surface area contributed by atoms with Crippen LogP contribution in [0.3, 0.4) is 0 Å². The van der Waals surface area contributed by atoms with E-state index in [1.807, 2.05) is 18.2 Å². The standard InChI is InChI=1S/C17H22N4O2/c1-22-16-4-3-13(11-17(16)23-2)20-7-9-21(10-8-20)15-5-6-19-12-14(15)18/h3-6,11-12H,7-10,18H2,1-2H3. The van der Waals surface area contributed by atoms with Crippen LogP contribution in [0.4, 0.5) is 17.1 Å². The average Bonchev–Trinajstić information content (AvgIpc) is 2.61. The number of nitrogen functional groups attached to an aromatic ring is 1. The number of hydrogen-bond donors (Lipinski definition) is 1.